The molecule has 1 heterocycles. The Morgan fingerprint density at radius 2 is 1.48 bits per heavy atom. The van der Waals surface area contributed by atoms with Crippen LogP contribution in [0.15, 0.2) is 48.5 Å². The van der Waals surface area contributed by atoms with Gasteiger partial charge in [0.2, 0.25) is 0 Å². The molecule has 1 aliphatic heterocycles. The molecule has 1 unspecified atom stereocenters. The van der Waals surface area contributed by atoms with Crippen molar-refractivity contribution in [1.29, 1.82) is 0 Å². The summed E-state index contributed by atoms with van der Waals surface area (Å²) >= 11 is 0. The van der Waals surface area contributed by atoms with Gasteiger partial charge in [-0.1, -0.05) is 24.3 Å². The molecule has 4 nitrogen and oxygen atoms in total. The average molecular weight is 286 g/mol. The summed E-state index contributed by atoms with van der Waals surface area (Å²) < 4.78 is 16.2. The summed E-state index contributed by atoms with van der Waals surface area (Å²) in [7, 11) is 3.27. The van der Waals surface area contributed by atoms with Crippen LogP contribution in [0.1, 0.15) is 17.2 Å². The second-order valence-electron chi connectivity index (χ2n) is 5.05. The molecule has 1 fully saturated rings. The van der Waals surface area contributed by atoms with Crippen LogP contribution in [0.2, 0.25) is 0 Å². The summed E-state index contributed by atoms with van der Waals surface area (Å²) in [5.74, 6) is 1.59. The molecule has 1 saturated heterocycles. The number of rotatable bonds is 5. The SMILES string of the molecule is COc1ccc(C2O[C@@]2(CO)c2ccc(OC)cc2)cc1. The summed E-state index contributed by atoms with van der Waals surface area (Å²) in [6.45, 7) is -0.0595. The van der Waals surface area contributed by atoms with Crippen molar-refractivity contribution in [1.82, 2.24) is 0 Å². The summed E-state index contributed by atoms with van der Waals surface area (Å²) in [5.41, 5.74) is 1.33. The molecule has 1 N–H and O–H groups in total. The van der Waals surface area contributed by atoms with Gasteiger partial charge in [0.1, 0.15) is 23.2 Å². The minimum atomic E-state index is -0.652. The summed E-state index contributed by atoms with van der Waals surface area (Å²) in [6.07, 6.45) is -0.137. The van der Waals surface area contributed by atoms with Gasteiger partial charge >= 0.3 is 0 Å². The molecule has 0 saturated carbocycles. The molecule has 4 heteroatoms. The van der Waals surface area contributed by atoms with Crippen LogP contribution < -0.4 is 9.47 Å². The molecule has 0 aliphatic carbocycles. The van der Waals surface area contributed by atoms with Crippen LogP contribution in [-0.4, -0.2) is 25.9 Å². The third-order valence-corrected chi connectivity index (χ3v) is 3.93. The van der Waals surface area contributed by atoms with Crippen molar-refractivity contribution in [2.24, 2.45) is 0 Å². The lowest BCUT2D eigenvalue weighted by atomic mass is 9.92. The summed E-state index contributed by atoms with van der Waals surface area (Å²) in [4.78, 5) is 0. The van der Waals surface area contributed by atoms with E-state index in [0.29, 0.717) is 0 Å². The van der Waals surface area contributed by atoms with Gasteiger partial charge in [0, 0.05) is 0 Å². The van der Waals surface area contributed by atoms with E-state index in [-0.39, 0.29) is 12.7 Å². The van der Waals surface area contributed by atoms with E-state index in [2.05, 4.69) is 0 Å². The van der Waals surface area contributed by atoms with E-state index in [1.165, 1.54) is 0 Å². The van der Waals surface area contributed by atoms with Crippen molar-refractivity contribution >= 4 is 0 Å². The molecular formula is C17H18O4. The monoisotopic (exact) mass is 286 g/mol. The maximum atomic E-state index is 9.79. The van der Waals surface area contributed by atoms with Crippen molar-refractivity contribution in [3.8, 4) is 11.5 Å². The molecule has 0 amide bonds. The van der Waals surface area contributed by atoms with E-state index in [9.17, 15) is 5.11 Å². The first-order valence-electron chi connectivity index (χ1n) is 6.80. The number of benzene rings is 2. The molecule has 2 aromatic rings. The van der Waals surface area contributed by atoms with Gasteiger partial charge in [-0.05, 0) is 35.4 Å². The van der Waals surface area contributed by atoms with Gasteiger partial charge in [0.05, 0.1) is 20.8 Å². The molecule has 0 radical (unpaired) electrons. The molecule has 0 aromatic heterocycles. The second-order valence-corrected chi connectivity index (χ2v) is 5.05. The lowest BCUT2D eigenvalue weighted by Crippen LogP contribution is -2.15. The Labute approximate surface area is 123 Å². The number of methoxy groups -OCH3 is 2. The smallest absolute Gasteiger partial charge is 0.147 e. The minimum absolute atomic E-state index is 0.0595. The number of hydrogen-bond acceptors (Lipinski definition) is 4. The standard InChI is InChI=1S/C17H18O4/c1-19-14-7-3-12(4-8-14)16-17(11-18,21-16)13-5-9-15(20-2)10-6-13/h3-10,16,18H,11H2,1-2H3/t16?,17-/m0/s1. The van der Waals surface area contributed by atoms with E-state index in [4.69, 9.17) is 14.2 Å². The maximum absolute atomic E-state index is 9.79. The molecule has 1 aliphatic rings. The highest BCUT2D eigenvalue weighted by molar-refractivity contribution is 5.40. The highest BCUT2D eigenvalue weighted by Crippen LogP contribution is 2.56. The molecule has 0 bridgehead atoms. The van der Waals surface area contributed by atoms with Crippen molar-refractivity contribution in [3.05, 3.63) is 59.7 Å². The molecule has 3 rings (SSSR count). The highest BCUT2D eigenvalue weighted by atomic mass is 16.6. The number of ether oxygens (including phenoxy) is 3. The van der Waals surface area contributed by atoms with Crippen LogP contribution in [0.5, 0.6) is 11.5 Å². The third-order valence-electron chi connectivity index (χ3n) is 3.93. The molecule has 2 atom stereocenters. The summed E-state index contributed by atoms with van der Waals surface area (Å²) in [5, 5.41) is 9.79. The first kappa shape index (κ1) is 13.9. The Morgan fingerprint density at radius 3 is 1.95 bits per heavy atom. The van der Waals surface area contributed by atoms with Crippen LogP contribution in [0.4, 0.5) is 0 Å². The van der Waals surface area contributed by atoms with Crippen molar-refractivity contribution in [3.63, 3.8) is 0 Å². The normalized spacial score (nSPS) is 23.7. The largest absolute Gasteiger partial charge is 0.497 e. The van der Waals surface area contributed by atoms with Gasteiger partial charge in [0.15, 0.2) is 0 Å². The summed E-state index contributed by atoms with van der Waals surface area (Å²) in [6, 6.07) is 15.3. The molecule has 0 spiro atoms. The number of aliphatic hydroxyl groups is 1. The van der Waals surface area contributed by atoms with Crippen LogP contribution in [0, 0.1) is 0 Å². The van der Waals surface area contributed by atoms with Crippen molar-refractivity contribution in [2.45, 2.75) is 11.7 Å². The molecule has 110 valence electrons. The molecule has 2 aromatic carbocycles. The third kappa shape index (κ3) is 2.37. The van der Waals surface area contributed by atoms with Gasteiger partial charge < -0.3 is 19.3 Å². The maximum Gasteiger partial charge on any atom is 0.147 e. The van der Waals surface area contributed by atoms with Crippen LogP contribution in [-0.2, 0) is 10.3 Å². The van der Waals surface area contributed by atoms with E-state index in [1.54, 1.807) is 14.2 Å². The zero-order valence-corrected chi connectivity index (χ0v) is 12.1. The van der Waals surface area contributed by atoms with Gasteiger partial charge in [-0.3, -0.25) is 0 Å². The van der Waals surface area contributed by atoms with E-state index >= 15 is 0 Å². The Bertz CT molecular complexity index is 606. The van der Waals surface area contributed by atoms with Gasteiger partial charge in [-0.25, -0.2) is 0 Å². The quantitative estimate of drug-likeness (QED) is 0.859. The predicted molar refractivity (Wildman–Crippen MR) is 78.6 cm³/mol. The first-order chi connectivity index (χ1) is 10.2. The van der Waals surface area contributed by atoms with E-state index < -0.39 is 5.60 Å². The Balaban J connectivity index is 1.85. The lowest BCUT2D eigenvalue weighted by Gasteiger charge is -2.11. The zero-order chi connectivity index (χ0) is 14.9. The fraction of sp³-hybridized carbons (Fsp3) is 0.294. The van der Waals surface area contributed by atoms with Crippen LogP contribution in [0.25, 0.3) is 0 Å². The van der Waals surface area contributed by atoms with E-state index in [0.717, 1.165) is 22.6 Å². The Kier molecular flexibility index (Phi) is 3.57. The van der Waals surface area contributed by atoms with Gasteiger partial charge in [-0.2, -0.15) is 0 Å². The van der Waals surface area contributed by atoms with Gasteiger partial charge in [-0.15, -0.1) is 0 Å². The fourth-order valence-electron chi connectivity index (χ4n) is 2.60. The molecular weight excluding hydrogens is 268 g/mol. The van der Waals surface area contributed by atoms with Crippen LogP contribution >= 0.6 is 0 Å². The predicted octanol–water partition coefficient (Wildman–Crippen LogP) is 2.66. The average Bonchev–Trinajstić information content (AvgIpc) is 3.31. The number of epoxide rings is 1. The second kappa shape index (κ2) is 5.39. The van der Waals surface area contributed by atoms with E-state index in [1.807, 2.05) is 48.5 Å². The minimum Gasteiger partial charge on any atom is -0.497 e. The molecule has 21 heavy (non-hydrogen) atoms. The van der Waals surface area contributed by atoms with Crippen LogP contribution in [0.3, 0.4) is 0 Å². The fourth-order valence-corrected chi connectivity index (χ4v) is 2.60. The Morgan fingerprint density at radius 1 is 0.952 bits per heavy atom. The van der Waals surface area contributed by atoms with Crippen molar-refractivity contribution in [2.75, 3.05) is 20.8 Å². The highest BCUT2D eigenvalue weighted by Gasteiger charge is 2.58. The topological polar surface area (TPSA) is 51.2 Å². The zero-order valence-electron chi connectivity index (χ0n) is 12.1. The van der Waals surface area contributed by atoms with Crippen molar-refractivity contribution < 1.29 is 19.3 Å². The number of hydrogen-bond donors (Lipinski definition) is 1. The Hall–Kier alpha value is -2.04. The first-order valence-corrected chi connectivity index (χ1v) is 6.80. The number of aliphatic hydroxyl groups excluding tert-OH is 1. The lowest BCUT2D eigenvalue weighted by molar-refractivity contribution is 0.172. The van der Waals surface area contributed by atoms with Gasteiger partial charge in [0.25, 0.3) is 0 Å².